The number of anilines is 2. The molecule has 1 N–H and O–H groups in total. The van der Waals surface area contributed by atoms with Gasteiger partial charge in [0.25, 0.3) is 0 Å². The van der Waals surface area contributed by atoms with Gasteiger partial charge in [-0.3, -0.25) is 0 Å². The summed E-state index contributed by atoms with van der Waals surface area (Å²) in [7, 11) is 0. The summed E-state index contributed by atoms with van der Waals surface area (Å²) in [6.07, 6.45) is 2.72. The van der Waals surface area contributed by atoms with Gasteiger partial charge in [0.15, 0.2) is 12.1 Å². The summed E-state index contributed by atoms with van der Waals surface area (Å²) in [5, 5.41) is 13.8. The predicted octanol–water partition coefficient (Wildman–Crippen LogP) is 1.86. The molecule has 17 heavy (non-hydrogen) atoms. The fraction of sp³-hybridized carbons (Fsp3) is 0. The Balaban J connectivity index is 1.81. The Hall–Kier alpha value is -2.70. The highest BCUT2D eigenvalue weighted by Crippen LogP contribution is 2.19. The smallest absolute Gasteiger partial charge is 0.214 e. The lowest BCUT2D eigenvalue weighted by molar-refractivity contribution is 0.393. The fourth-order valence-electron chi connectivity index (χ4n) is 1.37. The van der Waals surface area contributed by atoms with Crippen LogP contribution in [0, 0.1) is 0 Å². The minimum atomic E-state index is 0.553. The van der Waals surface area contributed by atoms with Crippen LogP contribution in [0.15, 0.2) is 46.0 Å². The molecule has 0 bridgehead atoms. The topological polar surface area (TPSA) is 89.9 Å². The summed E-state index contributed by atoms with van der Waals surface area (Å²) >= 11 is 0. The zero-order valence-electron chi connectivity index (χ0n) is 8.57. The number of hydrogen-bond acceptors (Lipinski definition) is 7. The first-order chi connectivity index (χ1) is 8.42. The lowest BCUT2D eigenvalue weighted by atomic mass is 10.2. The van der Waals surface area contributed by atoms with Crippen LogP contribution in [0.3, 0.4) is 0 Å². The number of aromatic nitrogens is 4. The molecule has 1 aromatic carbocycles. The molecule has 0 fully saturated rings. The molecule has 0 saturated carbocycles. The molecule has 0 radical (unpaired) electrons. The molecule has 2 aromatic heterocycles. The van der Waals surface area contributed by atoms with Crippen molar-refractivity contribution in [2.75, 3.05) is 5.32 Å². The van der Waals surface area contributed by atoms with Crippen molar-refractivity contribution in [1.82, 2.24) is 20.5 Å². The average molecular weight is 229 g/mol. The van der Waals surface area contributed by atoms with Crippen LogP contribution in [0.4, 0.5) is 11.5 Å². The van der Waals surface area contributed by atoms with Crippen molar-refractivity contribution in [3.8, 4) is 11.4 Å². The zero-order valence-corrected chi connectivity index (χ0v) is 8.57. The Labute approximate surface area is 95.4 Å². The number of benzene rings is 1. The molecule has 0 spiro atoms. The Morgan fingerprint density at radius 1 is 1.06 bits per heavy atom. The van der Waals surface area contributed by atoms with Crippen LogP contribution < -0.4 is 5.32 Å². The molecule has 0 aliphatic carbocycles. The molecule has 7 nitrogen and oxygen atoms in total. The van der Waals surface area contributed by atoms with Gasteiger partial charge in [-0.05, 0) is 24.3 Å². The van der Waals surface area contributed by atoms with Gasteiger partial charge in [0.05, 0.1) is 0 Å². The first kappa shape index (κ1) is 9.52. The van der Waals surface area contributed by atoms with E-state index in [2.05, 4.69) is 34.9 Å². The average Bonchev–Trinajstić information content (AvgIpc) is 3.01. The summed E-state index contributed by atoms with van der Waals surface area (Å²) in [6.45, 7) is 0. The minimum absolute atomic E-state index is 0.553. The number of nitrogens with zero attached hydrogens (tertiary/aromatic N) is 4. The predicted molar refractivity (Wildman–Crippen MR) is 57.3 cm³/mol. The van der Waals surface area contributed by atoms with E-state index in [4.69, 9.17) is 0 Å². The summed E-state index contributed by atoms with van der Waals surface area (Å²) < 4.78 is 9.29. The van der Waals surface area contributed by atoms with Crippen LogP contribution in [0.25, 0.3) is 11.4 Å². The van der Waals surface area contributed by atoms with Crippen LogP contribution in [0.1, 0.15) is 0 Å². The van der Waals surface area contributed by atoms with Crippen molar-refractivity contribution in [2.45, 2.75) is 0 Å². The maximum atomic E-state index is 4.68. The van der Waals surface area contributed by atoms with Gasteiger partial charge in [-0.15, -0.1) is 0 Å². The Morgan fingerprint density at radius 2 is 1.94 bits per heavy atom. The lowest BCUT2D eigenvalue weighted by Gasteiger charge is -2.01. The Kier molecular flexibility index (Phi) is 2.27. The Morgan fingerprint density at radius 3 is 2.59 bits per heavy atom. The van der Waals surface area contributed by atoms with Crippen molar-refractivity contribution in [1.29, 1.82) is 0 Å². The minimum Gasteiger partial charge on any atom is -0.343 e. The van der Waals surface area contributed by atoms with Crippen molar-refractivity contribution in [2.24, 2.45) is 0 Å². The van der Waals surface area contributed by atoms with Crippen molar-refractivity contribution in [3.05, 3.63) is 36.9 Å². The quantitative estimate of drug-likeness (QED) is 0.732. The third-order valence-corrected chi connectivity index (χ3v) is 2.14. The van der Waals surface area contributed by atoms with Crippen LogP contribution in [-0.2, 0) is 0 Å². The van der Waals surface area contributed by atoms with E-state index in [1.807, 2.05) is 24.3 Å². The number of nitrogens with one attached hydrogen (secondary N) is 1. The molecular weight excluding hydrogens is 222 g/mol. The van der Waals surface area contributed by atoms with Crippen LogP contribution in [0.2, 0.25) is 0 Å². The molecule has 0 aliphatic heterocycles. The van der Waals surface area contributed by atoms with Gasteiger partial charge in [0.1, 0.15) is 0 Å². The maximum absolute atomic E-state index is 4.68. The van der Waals surface area contributed by atoms with Gasteiger partial charge in [0, 0.05) is 16.5 Å². The third-order valence-electron chi connectivity index (χ3n) is 2.14. The summed E-state index contributed by atoms with van der Waals surface area (Å²) in [4.78, 5) is 3.96. The fourth-order valence-corrected chi connectivity index (χ4v) is 1.37. The van der Waals surface area contributed by atoms with E-state index in [9.17, 15) is 0 Å². The lowest BCUT2D eigenvalue weighted by Crippen LogP contribution is -1.90. The molecule has 0 amide bonds. The van der Waals surface area contributed by atoms with Crippen LogP contribution >= 0.6 is 0 Å². The van der Waals surface area contributed by atoms with E-state index in [1.165, 1.54) is 12.7 Å². The maximum Gasteiger partial charge on any atom is 0.214 e. The van der Waals surface area contributed by atoms with Gasteiger partial charge in [0.2, 0.25) is 12.2 Å². The number of hydrogen-bond donors (Lipinski definition) is 1. The van der Waals surface area contributed by atoms with Crippen molar-refractivity contribution >= 4 is 11.5 Å². The molecule has 2 heterocycles. The molecule has 3 aromatic rings. The molecule has 84 valence electrons. The van der Waals surface area contributed by atoms with E-state index in [1.54, 1.807) is 0 Å². The van der Waals surface area contributed by atoms with Gasteiger partial charge >= 0.3 is 0 Å². The van der Waals surface area contributed by atoms with Gasteiger partial charge < -0.3 is 14.4 Å². The second kappa shape index (κ2) is 4.05. The van der Waals surface area contributed by atoms with Crippen molar-refractivity contribution in [3.63, 3.8) is 0 Å². The monoisotopic (exact) mass is 229 g/mol. The molecule has 0 aliphatic rings. The summed E-state index contributed by atoms with van der Waals surface area (Å²) in [5.41, 5.74) is 1.75. The first-order valence-corrected chi connectivity index (χ1v) is 4.83. The first-order valence-electron chi connectivity index (χ1n) is 4.83. The van der Waals surface area contributed by atoms with E-state index < -0.39 is 0 Å². The third kappa shape index (κ3) is 1.98. The van der Waals surface area contributed by atoms with E-state index in [-0.39, 0.29) is 0 Å². The molecule has 0 atom stereocenters. The van der Waals surface area contributed by atoms with E-state index >= 15 is 0 Å². The van der Waals surface area contributed by atoms with Gasteiger partial charge in [-0.1, -0.05) is 10.3 Å². The summed E-state index contributed by atoms with van der Waals surface area (Å²) in [6, 6.07) is 7.50. The molecule has 7 heteroatoms. The molecular formula is C10H7N5O2. The highest BCUT2D eigenvalue weighted by atomic mass is 16.5. The van der Waals surface area contributed by atoms with Gasteiger partial charge in [-0.25, -0.2) is 0 Å². The van der Waals surface area contributed by atoms with E-state index in [0.29, 0.717) is 11.6 Å². The Bertz CT molecular complexity index is 574. The van der Waals surface area contributed by atoms with Gasteiger partial charge in [-0.2, -0.15) is 4.98 Å². The zero-order chi connectivity index (χ0) is 11.5. The normalized spacial score (nSPS) is 10.4. The molecule has 3 rings (SSSR count). The highest BCUT2D eigenvalue weighted by molar-refractivity contribution is 5.62. The van der Waals surface area contributed by atoms with Crippen molar-refractivity contribution < 1.29 is 9.05 Å². The standard InChI is InChI=1S/C10H7N5O2/c1-3-8(12-9-5-16-15-13-9)4-2-7(1)10-11-6-17-14-10/h1-6,12H. The highest BCUT2D eigenvalue weighted by Gasteiger charge is 2.03. The summed E-state index contributed by atoms with van der Waals surface area (Å²) in [5.74, 6) is 1.11. The second-order valence-corrected chi connectivity index (χ2v) is 3.25. The van der Waals surface area contributed by atoms with Crippen LogP contribution in [-0.4, -0.2) is 20.5 Å². The van der Waals surface area contributed by atoms with E-state index in [0.717, 1.165) is 11.3 Å². The largest absolute Gasteiger partial charge is 0.343 e. The molecule has 0 saturated heterocycles. The molecule has 0 unspecified atom stereocenters. The second-order valence-electron chi connectivity index (χ2n) is 3.25. The van der Waals surface area contributed by atoms with Crippen LogP contribution in [0.5, 0.6) is 0 Å². The number of rotatable bonds is 3. The SMILES string of the molecule is c1nc(-c2ccc(Nc3conn3)cc2)no1.